The Hall–Kier alpha value is -0.0800. The third-order valence-electron chi connectivity index (χ3n) is 2.81. The summed E-state index contributed by atoms with van der Waals surface area (Å²) < 4.78 is 5.48. The SMILES string of the molecule is CCCCCCN[C@H]1CCO[C@@H]1C. The molecular weight excluding hydrogens is 162 g/mol. The second-order valence-corrected chi connectivity index (χ2v) is 3.99. The lowest BCUT2D eigenvalue weighted by atomic mass is 10.1. The van der Waals surface area contributed by atoms with Crippen LogP contribution in [0.2, 0.25) is 0 Å². The second-order valence-electron chi connectivity index (χ2n) is 3.99. The van der Waals surface area contributed by atoms with E-state index >= 15 is 0 Å². The van der Waals surface area contributed by atoms with E-state index in [0.29, 0.717) is 12.1 Å². The van der Waals surface area contributed by atoms with Gasteiger partial charge >= 0.3 is 0 Å². The number of hydrogen-bond acceptors (Lipinski definition) is 2. The van der Waals surface area contributed by atoms with E-state index in [-0.39, 0.29) is 0 Å². The smallest absolute Gasteiger partial charge is 0.0700 e. The zero-order valence-electron chi connectivity index (χ0n) is 9.01. The van der Waals surface area contributed by atoms with Crippen LogP contribution in [0.25, 0.3) is 0 Å². The third-order valence-corrected chi connectivity index (χ3v) is 2.81. The molecule has 1 aliphatic rings. The number of nitrogens with one attached hydrogen (secondary N) is 1. The predicted molar refractivity (Wildman–Crippen MR) is 56.0 cm³/mol. The maximum Gasteiger partial charge on any atom is 0.0700 e. The van der Waals surface area contributed by atoms with E-state index < -0.39 is 0 Å². The summed E-state index contributed by atoms with van der Waals surface area (Å²) in [5.41, 5.74) is 0. The molecule has 2 atom stereocenters. The quantitative estimate of drug-likeness (QED) is 0.641. The van der Waals surface area contributed by atoms with Crippen LogP contribution in [0.5, 0.6) is 0 Å². The van der Waals surface area contributed by atoms with Crippen LogP contribution in [-0.2, 0) is 4.74 Å². The van der Waals surface area contributed by atoms with Crippen LogP contribution >= 0.6 is 0 Å². The van der Waals surface area contributed by atoms with Gasteiger partial charge in [0.05, 0.1) is 6.10 Å². The van der Waals surface area contributed by atoms with Crippen molar-refractivity contribution >= 4 is 0 Å². The van der Waals surface area contributed by atoms with Crippen molar-refractivity contribution in [2.24, 2.45) is 0 Å². The summed E-state index contributed by atoms with van der Waals surface area (Å²) in [6.45, 7) is 6.52. The molecule has 0 aliphatic carbocycles. The van der Waals surface area contributed by atoms with Crippen LogP contribution in [0.15, 0.2) is 0 Å². The van der Waals surface area contributed by atoms with Gasteiger partial charge in [0.15, 0.2) is 0 Å². The summed E-state index contributed by atoms with van der Waals surface area (Å²) in [6, 6.07) is 0.613. The van der Waals surface area contributed by atoms with Crippen LogP contribution in [0.1, 0.15) is 46.0 Å². The van der Waals surface area contributed by atoms with E-state index in [4.69, 9.17) is 4.74 Å². The minimum atomic E-state index is 0.422. The van der Waals surface area contributed by atoms with Crippen LogP contribution in [-0.4, -0.2) is 25.3 Å². The fourth-order valence-electron chi connectivity index (χ4n) is 1.84. The van der Waals surface area contributed by atoms with E-state index in [9.17, 15) is 0 Å². The third kappa shape index (κ3) is 4.10. The highest BCUT2D eigenvalue weighted by atomic mass is 16.5. The van der Waals surface area contributed by atoms with Crippen molar-refractivity contribution in [3.8, 4) is 0 Å². The van der Waals surface area contributed by atoms with Crippen molar-refractivity contribution in [3.63, 3.8) is 0 Å². The molecule has 0 aromatic heterocycles. The molecular formula is C11H23NO. The van der Waals surface area contributed by atoms with Gasteiger partial charge in [-0.3, -0.25) is 0 Å². The molecule has 1 saturated heterocycles. The monoisotopic (exact) mass is 185 g/mol. The molecule has 1 fully saturated rings. The molecule has 0 spiro atoms. The molecule has 0 aromatic carbocycles. The first-order valence-electron chi connectivity index (χ1n) is 5.69. The summed E-state index contributed by atoms with van der Waals surface area (Å²) in [4.78, 5) is 0. The van der Waals surface area contributed by atoms with E-state index in [1.54, 1.807) is 0 Å². The van der Waals surface area contributed by atoms with Gasteiger partial charge in [-0.15, -0.1) is 0 Å². The summed E-state index contributed by atoms with van der Waals surface area (Å²) >= 11 is 0. The van der Waals surface area contributed by atoms with Crippen molar-refractivity contribution in [3.05, 3.63) is 0 Å². The molecule has 13 heavy (non-hydrogen) atoms. The summed E-state index contributed by atoms with van der Waals surface area (Å²) in [6.07, 6.45) is 6.99. The summed E-state index contributed by atoms with van der Waals surface area (Å²) in [5.74, 6) is 0. The van der Waals surface area contributed by atoms with Crippen LogP contribution < -0.4 is 5.32 Å². The molecule has 0 bridgehead atoms. The molecule has 2 nitrogen and oxygen atoms in total. The molecule has 1 rings (SSSR count). The average Bonchev–Trinajstić information content (AvgIpc) is 2.52. The van der Waals surface area contributed by atoms with Crippen LogP contribution in [0.3, 0.4) is 0 Å². The largest absolute Gasteiger partial charge is 0.377 e. The van der Waals surface area contributed by atoms with Gasteiger partial charge in [-0.2, -0.15) is 0 Å². The maximum absolute atomic E-state index is 5.48. The highest BCUT2D eigenvalue weighted by molar-refractivity contribution is 4.78. The molecule has 0 radical (unpaired) electrons. The zero-order valence-corrected chi connectivity index (χ0v) is 9.01. The Balaban J connectivity index is 1.93. The highest BCUT2D eigenvalue weighted by Crippen LogP contribution is 2.12. The van der Waals surface area contributed by atoms with Crippen molar-refractivity contribution in [1.82, 2.24) is 5.32 Å². The number of unbranched alkanes of at least 4 members (excludes halogenated alkanes) is 3. The van der Waals surface area contributed by atoms with Gasteiger partial charge in [0.1, 0.15) is 0 Å². The Kier molecular flexibility index (Phi) is 5.40. The summed E-state index contributed by atoms with van der Waals surface area (Å²) in [7, 11) is 0. The van der Waals surface area contributed by atoms with E-state index in [1.165, 1.54) is 38.6 Å². The van der Waals surface area contributed by atoms with Gasteiger partial charge in [0.25, 0.3) is 0 Å². The van der Waals surface area contributed by atoms with Gasteiger partial charge < -0.3 is 10.1 Å². The van der Waals surface area contributed by atoms with Gasteiger partial charge in [-0.05, 0) is 26.3 Å². The Morgan fingerprint density at radius 2 is 2.15 bits per heavy atom. The molecule has 1 N–H and O–H groups in total. The van der Waals surface area contributed by atoms with Gasteiger partial charge in [0.2, 0.25) is 0 Å². The predicted octanol–water partition coefficient (Wildman–Crippen LogP) is 2.33. The Labute approximate surface area is 82.0 Å². The van der Waals surface area contributed by atoms with Crippen molar-refractivity contribution < 1.29 is 4.74 Å². The van der Waals surface area contributed by atoms with Crippen molar-refractivity contribution in [1.29, 1.82) is 0 Å². The Morgan fingerprint density at radius 1 is 1.31 bits per heavy atom. The highest BCUT2D eigenvalue weighted by Gasteiger charge is 2.22. The standard InChI is InChI=1S/C11H23NO/c1-3-4-5-6-8-12-11-7-9-13-10(11)2/h10-12H,3-9H2,1-2H3/t10-,11+/m1/s1. The van der Waals surface area contributed by atoms with E-state index in [1.807, 2.05) is 0 Å². The van der Waals surface area contributed by atoms with E-state index in [2.05, 4.69) is 19.2 Å². The molecule has 0 saturated carbocycles. The van der Waals surface area contributed by atoms with Gasteiger partial charge in [0, 0.05) is 12.6 Å². The maximum atomic E-state index is 5.48. The first-order chi connectivity index (χ1) is 6.34. The topological polar surface area (TPSA) is 21.3 Å². The lowest BCUT2D eigenvalue weighted by molar-refractivity contribution is 0.113. The fraction of sp³-hybridized carbons (Fsp3) is 1.00. The molecule has 1 aliphatic heterocycles. The first kappa shape index (κ1) is 11.0. The average molecular weight is 185 g/mol. The minimum absolute atomic E-state index is 0.422. The van der Waals surface area contributed by atoms with E-state index in [0.717, 1.165) is 6.61 Å². The number of ether oxygens (including phenoxy) is 1. The molecule has 1 heterocycles. The molecule has 2 heteroatoms. The normalized spacial score (nSPS) is 28.2. The molecule has 0 amide bonds. The fourth-order valence-corrected chi connectivity index (χ4v) is 1.84. The molecule has 0 unspecified atom stereocenters. The van der Waals surface area contributed by atoms with Crippen LogP contribution in [0, 0.1) is 0 Å². The van der Waals surface area contributed by atoms with Gasteiger partial charge in [-0.1, -0.05) is 26.2 Å². The Morgan fingerprint density at radius 3 is 2.77 bits per heavy atom. The first-order valence-corrected chi connectivity index (χ1v) is 5.69. The van der Waals surface area contributed by atoms with Crippen molar-refractivity contribution in [2.75, 3.05) is 13.2 Å². The minimum Gasteiger partial charge on any atom is -0.377 e. The number of hydrogen-bond donors (Lipinski definition) is 1. The van der Waals surface area contributed by atoms with Crippen molar-refractivity contribution in [2.45, 2.75) is 58.1 Å². The van der Waals surface area contributed by atoms with Crippen LogP contribution in [0.4, 0.5) is 0 Å². The lowest BCUT2D eigenvalue weighted by Gasteiger charge is -2.15. The second kappa shape index (κ2) is 6.39. The lowest BCUT2D eigenvalue weighted by Crippen LogP contribution is -2.35. The Bertz CT molecular complexity index is 127. The molecule has 0 aromatic rings. The molecule has 78 valence electrons. The summed E-state index contributed by atoms with van der Waals surface area (Å²) in [5, 5.41) is 3.57. The number of rotatable bonds is 6. The van der Waals surface area contributed by atoms with Gasteiger partial charge in [-0.25, -0.2) is 0 Å². The zero-order chi connectivity index (χ0) is 9.52.